The van der Waals surface area contributed by atoms with E-state index in [9.17, 15) is 4.79 Å². The molecule has 0 saturated carbocycles. The number of carbonyl (C=O) groups excluding carboxylic acids is 1. The molecule has 2 aliphatic rings. The number of rotatable bonds is 2. The molecule has 0 spiro atoms. The van der Waals surface area contributed by atoms with Crippen molar-refractivity contribution in [3.05, 3.63) is 12.2 Å². The average Bonchev–Trinajstić information content (AvgIpc) is 2.65. The van der Waals surface area contributed by atoms with Crippen LogP contribution in [0.5, 0.6) is 0 Å². The van der Waals surface area contributed by atoms with Crippen LogP contribution in [-0.4, -0.2) is 25.0 Å². The number of carbonyl (C=O) groups is 1. The van der Waals surface area contributed by atoms with Crippen LogP contribution in [-0.2, 0) is 4.79 Å². The number of amides is 1. The van der Waals surface area contributed by atoms with E-state index in [1.165, 1.54) is 6.42 Å². The summed E-state index contributed by atoms with van der Waals surface area (Å²) in [7, 11) is 0. The second-order valence-corrected chi connectivity index (χ2v) is 4.53. The van der Waals surface area contributed by atoms with Gasteiger partial charge in [-0.15, -0.1) is 0 Å². The van der Waals surface area contributed by atoms with Crippen LogP contribution in [0.15, 0.2) is 12.2 Å². The van der Waals surface area contributed by atoms with Crippen molar-refractivity contribution >= 4 is 5.91 Å². The summed E-state index contributed by atoms with van der Waals surface area (Å²) in [6.45, 7) is 2.13. The Morgan fingerprint density at radius 2 is 2.00 bits per heavy atom. The van der Waals surface area contributed by atoms with Gasteiger partial charge in [0.25, 0.3) is 0 Å². The van der Waals surface area contributed by atoms with Crippen LogP contribution < -0.4 is 10.6 Å². The molecule has 15 heavy (non-hydrogen) atoms. The molecule has 1 amide bonds. The Kier molecular flexibility index (Phi) is 3.78. The van der Waals surface area contributed by atoms with Crippen molar-refractivity contribution in [3.63, 3.8) is 0 Å². The Bertz CT molecular complexity index is 234. The molecule has 2 rings (SSSR count). The smallest absolute Gasteiger partial charge is 0.223 e. The molecular formula is C12H20N2O. The van der Waals surface area contributed by atoms with E-state index in [2.05, 4.69) is 22.8 Å². The van der Waals surface area contributed by atoms with E-state index in [0.717, 1.165) is 38.8 Å². The maximum absolute atomic E-state index is 11.9. The standard InChI is InChI=1S/C12H20N2O/c15-12(10-4-1-2-5-10)14-11-6-3-8-13-9-7-11/h1-2,10-11,13H,3-9H2,(H,14,15). The predicted octanol–water partition coefficient (Wildman–Crippen LogP) is 1.21. The van der Waals surface area contributed by atoms with Gasteiger partial charge in [-0.25, -0.2) is 0 Å². The van der Waals surface area contributed by atoms with Gasteiger partial charge in [-0.05, 0) is 45.2 Å². The molecule has 0 bridgehead atoms. The van der Waals surface area contributed by atoms with Crippen LogP contribution in [0, 0.1) is 5.92 Å². The summed E-state index contributed by atoms with van der Waals surface area (Å²) in [5, 5.41) is 6.54. The Balaban J connectivity index is 1.76. The van der Waals surface area contributed by atoms with Crippen molar-refractivity contribution in [1.29, 1.82) is 0 Å². The van der Waals surface area contributed by atoms with Gasteiger partial charge in [0, 0.05) is 12.0 Å². The van der Waals surface area contributed by atoms with Crippen LogP contribution in [0.4, 0.5) is 0 Å². The van der Waals surface area contributed by atoms with Gasteiger partial charge < -0.3 is 10.6 Å². The lowest BCUT2D eigenvalue weighted by Gasteiger charge is -2.18. The zero-order valence-corrected chi connectivity index (χ0v) is 9.17. The third-order valence-electron chi connectivity index (χ3n) is 3.30. The lowest BCUT2D eigenvalue weighted by atomic mass is 10.0. The van der Waals surface area contributed by atoms with Crippen molar-refractivity contribution in [2.45, 2.75) is 38.1 Å². The third kappa shape index (κ3) is 3.06. The fraction of sp³-hybridized carbons (Fsp3) is 0.750. The van der Waals surface area contributed by atoms with E-state index >= 15 is 0 Å². The molecule has 1 aliphatic heterocycles. The first-order chi connectivity index (χ1) is 7.36. The number of hydrogen-bond donors (Lipinski definition) is 2. The van der Waals surface area contributed by atoms with E-state index in [-0.39, 0.29) is 11.8 Å². The number of allylic oxidation sites excluding steroid dienone is 2. The fourth-order valence-electron chi connectivity index (χ4n) is 2.31. The van der Waals surface area contributed by atoms with E-state index in [0.29, 0.717) is 6.04 Å². The monoisotopic (exact) mass is 208 g/mol. The maximum Gasteiger partial charge on any atom is 0.223 e. The minimum absolute atomic E-state index is 0.209. The SMILES string of the molecule is O=C(NC1CCCNCC1)C1CC=CC1. The summed E-state index contributed by atoms with van der Waals surface area (Å²) in [5.41, 5.74) is 0. The number of nitrogens with one attached hydrogen (secondary N) is 2. The lowest BCUT2D eigenvalue weighted by Crippen LogP contribution is -2.38. The average molecular weight is 208 g/mol. The normalized spacial score (nSPS) is 27.6. The van der Waals surface area contributed by atoms with Gasteiger partial charge in [0.15, 0.2) is 0 Å². The molecule has 1 fully saturated rings. The highest BCUT2D eigenvalue weighted by Crippen LogP contribution is 2.18. The van der Waals surface area contributed by atoms with E-state index in [4.69, 9.17) is 0 Å². The van der Waals surface area contributed by atoms with Gasteiger partial charge in [0.2, 0.25) is 5.91 Å². The van der Waals surface area contributed by atoms with Crippen LogP contribution in [0.25, 0.3) is 0 Å². The Morgan fingerprint density at radius 1 is 1.20 bits per heavy atom. The van der Waals surface area contributed by atoms with Crippen molar-refractivity contribution in [3.8, 4) is 0 Å². The molecule has 1 atom stereocenters. The van der Waals surface area contributed by atoms with Gasteiger partial charge >= 0.3 is 0 Å². The highest BCUT2D eigenvalue weighted by atomic mass is 16.1. The second kappa shape index (κ2) is 5.31. The summed E-state index contributed by atoms with van der Waals surface area (Å²) in [6, 6.07) is 0.396. The molecule has 1 unspecified atom stereocenters. The van der Waals surface area contributed by atoms with Crippen molar-refractivity contribution in [2.24, 2.45) is 5.92 Å². The molecule has 1 aliphatic carbocycles. The molecular weight excluding hydrogens is 188 g/mol. The van der Waals surface area contributed by atoms with Gasteiger partial charge in [0.1, 0.15) is 0 Å². The van der Waals surface area contributed by atoms with Crippen molar-refractivity contribution in [2.75, 3.05) is 13.1 Å². The van der Waals surface area contributed by atoms with Gasteiger partial charge in [0.05, 0.1) is 0 Å². The highest BCUT2D eigenvalue weighted by Gasteiger charge is 2.22. The predicted molar refractivity (Wildman–Crippen MR) is 60.5 cm³/mol. The highest BCUT2D eigenvalue weighted by molar-refractivity contribution is 5.79. The van der Waals surface area contributed by atoms with Crippen LogP contribution in [0.3, 0.4) is 0 Å². The number of hydrogen-bond acceptors (Lipinski definition) is 2. The van der Waals surface area contributed by atoms with Crippen LogP contribution >= 0.6 is 0 Å². The van der Waals surface area contributed by atoms with E-state index < -0.39 is 0 Å². The van der Waals surface area contributed by atoms with Crippen LogP contribution in [0.2, 0.25) is 0 Å². The molecule has 1 saturated heterocycles. The van der Waals surface area contributed by atoms with E-state index in [1.54, 1.807) is 0 Å². The molecule has 3 nitrogen and oxygen atoms in total. The molecule has 3 heteroatoms. The summed E-state index contributed by atoms with van der Waals surface area (Å²) in [4.78, 5) is 11.9. The van der Waals surface area contributed by atoms with Gasteiger partial charge in [-0.3, -0.25) is 4.79 Å². The molecule has 0 aromatic heterocycles. The first-order valence-electron chi connectivity index (χ1n) is 6.02. The second-order valence-electron chi connectivity index (χ2n) is 4.53. The molecule has 0 aromatic carbocycles. The zero-order chi connectivity index (χ0) is 10.5. The molecule has 0 aromatic rings. The topological polar surface area (TPSA) is 41.1 Å². The largest absolute Gasteiger partial charge is 0.353 e. The Labute approximate surface area is 91.3 Å². The molecule has 2 N–H and O–H groups in total. The fourth-order valence-corrected chi connectivity index (χ4v) is 2.31. The summed E-state index contributed by atoms with van der Waals surface area (Å²) < 4.78 is 0. The molecule has 1 heterocycles. The maximum atomic E-state index is 11.9. The first-order valence-corrected chi connectivity index (χ1v) is 6.02. The molecule has 0 radical (unpaired) electrons. The van der Waals surface area contributed by atoms with Crippen molar-refractivity contribution < 1.29 is 4.79 Å². The Hall–Kier alpha value is -0.830. The zero-order valence-electron chi connectivity index (χ0n) is 9.17. The minimum Gasteiger partial charge on any atom is -0.353 e. The third-order valence-corrected chi connectivity index (χ3v) is 3.30. The first kappa shape index (κ1) is 10.7. The van der Waals surface area contributed by atoms with Crippen LogP contribution in [0.1, 0.15) is 32.1 Å². The minimum atomic E-state index is 0.209. The quantitative estimate of drug-likeness (QED) is 0.670. The van der Waals surface area contributed by atoms with E-state index in [1.807, 2.05) is 0 Å². The summed E-state index contributed by atoms with van der Waals surface area (Å²) in [6.07, 6.45) is 9.45. The summed E-state index contributed by atoms with van der Waals surface area (Å²) >= 11 is 0. The Morgan fingerprint density at radius 3 is 2.80 bits per heavy atom. The lowest BCUT2D eigenvalue weighted by molar-refractivity contribution is -0.125. The van der Waals surface area contributed by atoms with Crippen molar-refractivity contribution in [1.82, 2.24) is 10.6 Å². The summed E-state index contributed by atoms with van der Waals surface area (Å²) in [5.74, 6) is 0.466. The van der Waals surface area contributed by atoms with Gasteiger partial charge in [-0.2, -0.15) is 0 Å². The van der Waals surface area contributed by atoms with Gasteiger partial charge in [-0.1, -0.05) is 12.2 Å². The molecule has 84 valence electrons.